The van der Waals surface area contributed by atoms with E-state index < -0.39 is 5.82 Å². The molecule has 1 aliphatic carbocycles. The maximum Gasteiger partial charge on any atom is 0.259 e. The van der Waals surface area contributed by atoms with Crippen molar-refractivity contribution >= 4 is 51.9 Å². The highest BCUT2D eigenvalue weighted by atomic mass is 32.1. The van der Waals surface area contributed by atoms with Crippen molar-refractivity contribution in [2.75, 3.05) is 54.5 Å². The predicted molar refractivity (Wildman–Crippen MR) is 203 cm³/mol. The first kappa shape index (κ1) is 32.9. The number of halogens is 1. The maximum atomic E-state index is 14.8. The molecule has 1 N–H and O–H groups in total. The number of fused-ring (bicyclic) bond motifs is 3. The Balaban J connectivity index is 0.934. The van der Waals surface area contributed by atoms with Crippen LogP contribution in [0.15, 0.2) is 71.0 Å². The van der Waals surface area contributed by atoms with E-state index in [4.69, 9.17) is 4.74 Å². The standard InChI is InChI=1S/C40H40FN7O3S/c1-24-17-32(36(42-20-24)46-22-40(23-46)12-15-51-16-13-40)38(49)43-29-6-3-26(4-7-29)39(50)47-14-11-27-18-34(37-45-44-25(2)21-48(37)30-8-9-30)52-35(27)31-10-5-28(41)19-33(31)47/h3-7,10,17-20,30H,8-9,11-16,21-23H2,1-2H3,(H,43,49). The average Bonchev–Trinajstić information content (AvgIpc) is 3.93. The molecule has 1 saturated carbocycles. The molecule has 5 aliphatic rings. The van der Waals surface area contributed by atoms with Crippen LogP contribution in [0.25, 0.3) is 10.4 Å². The lowest BCUT2D eigenvalue weighted by Crippen LogP contribution is -2.59. The van der Waals surface area contributed by atoms with Gasteiger partial charge in [-0.1, -0.05) is 0 Å². The number of carbonyl (C=O) groups excluding carboxylic acids is 2. The maximum absolute atomic E-state index is 14.8. The summed E-state index contributed by atoms with van der Waals surface area (Å²) in [6.45, 7) is 8.40. The van der Waals surface area contributed by atoms with Gasteiger partial charge in [-0.25, -0.2) is 9.37 Å². The molecule has 10 nitrogen and oxygen atoms in total. The number of nitrogens with one attached hydrogen (secondary N) is 1. The van der Waals surface area contributed by atoms with Gasteiger partial charge < -0.3 is 24.8 Å². The van der Waals surface area contributed by atoms with Gasteiger partial charge in [0.05, 0.1) is 28.4 Å². The van der Waals surface area contributed by atoms with Crippen molar-refractivity contribution in [2.24, 2.45) is 15.6 Å². The van der Waals surface area contributed by atoms with Crippen molar-refractivity contribution in [3.8, 4) is 10.4 Å². The van der Waals surface area contributed by atoms with Crippen molar-refractivity contribution in [2.45, 2.75) is 52.0 Å². The number of aryl methyl sites for hydroxylation is 1. The minimum Gasteiger partial charge on any atom is -0.381 e. The van der Waals surface area contributed by atoms with Crippen molar-refractivity contribution in [3.05, 3.63) is 93.7 Å². The van der Waals surface area contributed by atoms with Gasteiger partial charge in [0.2, 0.25) is 0 Å². The summed E-state index contributed by atoms with van der Waals surface area (Å²) in [6.07, 6.45) is 6.79. The molecule has 52 heavy (non-hydrogen) atoms. The Bertz CT molecular complexity index is 2140. The summed E-state index contributed by atoms with van der Waals surface area (Å²) in [5.41, 5.74) is 6.17. The second-order valence-electron chi connectivity index (χ2n) is 14.8. The molecule has 0 atom stereocenters. The van der Waals surface area contributed by atoms with E-state index in [9.17, 15) is 14.0 Å². The summed E-state index contributed by atoms with van der Waals surface area (Å²) in [5.74, 6) is 0.708. The molecule has 2 saturated heterocycles. The van der Waals surface area contributed by atoms with Gasteiger partial charge in [-0.3, -0.25) is 9.59 Å². The van der Waals surface area contributed by atoms with Crippen LogP contribution in [0.4, 0.5) is 21.6 Å². The number of ether oxygens (including phenoxy) is 1. The van der Waals surface area contributed by atoms with Crippen LogP contribution in [-0.4, -0.2) is 78.7 Å². The van der Waals surface area contributed by atoms with Crippen LogP contribution < -0.4 is 15.1 Å². The number of benzene rings is 2. The van der Waals surface area contributed by atoms with E-state index in [2.05, 4.69) is 36.4 Å². The zero-order valence-electron chi connectivity index (χ0n) is 29.3. The lowest BCUT2D eigenvalue weighted by Gasteiger charge is -2.53. The second kappa shape index (κ2) is 12.9. The zero-order valence-corrected chi connectivity index (χ0v) is 30.1. The highest BCUT2D eigenvalue weighted by Gasteiger charge is 2.45. The monoisotopic (exact) mass is 717 g/mol. The number of aromatic nitrogens is 1. The molecule has 12 heteroatoms. The summed E-state index contributed by atoms with van der Waals surface area (Å²) < 4.78 is 20.4. The number of thiophene rings is 1. The number of amidine groups is 1. The van der Waals surface area contributed by atoms with Gasteiger partial charge in [0.1, 0.15) is 11.6 Å². The van der Waals surface area contributed by atoms with Crippen LogP contribution in [0.3, 0.4) is 0 Å². The summed E-state index contributed by atoms with van der Waals surface area (Å²) in [5, 5.41) is 12.0. The summed E-state index contributed by atoms with van der Waals surface area (Å²) in [4.78, 5) is 40.7. The summed E-state index contributed by atoms with van der Waals surface area (Å²) in [7, 11) is 0. The number of pyridine rings is 1. The fraction of sp³-hybridized carbons (Fsp3) is 0.375. The smallest absolute Gasteiger partial charge is 0.259 e. The number of carbonyl (C=O) groups is 2. The van der Waals surface area contributed by atoms with E-state index in [1.54, 1.807) is 52.8 Å². The topological polar surface area (TPSA) is 103 Å². The van der Waals surface area contributed by atoms with E-state index in [1.165, 1.54) is 12.1 Å². The van der Waals surface area contributed by atoms with E-state index >= 15 is 0 Å². The van der Waals surface area contributed by atoms with Gasteiger partial charge in [0.25, 0.3) is 11.8 Å². The molecular formula is C40H40FN7O3S. The minimum atomic E-state index is -0.401. The second-order valence-corrected chi connectivity index (χ2v) is 15.9. The Morgan fingerprint density at radius 1 is 1.00 bits per heavy atom. The fourth-order valence-electron chi connectivity index (χ4n) is 7.92. The van der Waals surface area contributed by atoms with Crippen LogP contribution >= 0.6 is 11.3 Å². The molecule has 2 amide bonds. The van der Waals surface area contributed by atoms with Gasteiger partial charge in [0.15, 0.2) is 5.84 Å². The molecule has 266 valence electrons. The molecule has 2 aromatic heterocycles. The Kier molecular flexibility index (Phi) is 8.19. The van der Waals surface area contributed by atoms with Crippen molar-refractivity contribution < 1.29 is 18.7 Å². The van der Waals surface area contributed by atoms with Gasteiger partial charge in [0, 0.05) is 72.2 Å². The van der Waals surface area contributed by atoms with Gasteiger partial charge >= 0.3 is 0 Å². The zero-order chi connectivity index (χ0) is 35.6. The number of nitrogens with zero attached hydrogens (tertiary/aromatic N) is 6. The molecule has 2 aromatic carbocycles. The van der Waals surface area contributed by atoms with Crippen LogP contribution in [0.2, 0.25) is 0 Å². The first-order chi connectivity index (χ1) is 25.2. The average molecular weight is 718 g/mol. The number of hydrogen-bond donors (Lipinski definition) is 1. The van der Waals surface area contributed by atoms with Crippen LogP contribution in [0.1, 0.15) is 69.3 Å². The Hall–Kier alpha value is -4.94. The highest BCUT2D eigenvalue weighted by molar-refractivity contribution is 7.17. The van der Waals surface area contributed by atoms with Gasteiger partial charge in [-0.05, 0) is 112 Å². The molecule has 1 spiro atoms. The molecule has 0 radical (unpaired) electrons. The number of rotatable bonds is 6. The molecule has 3 fully saturated rings. The van der Waals surface area contributed by atoms with Crippen LogP contribution in [0, 0.1) is 18.2 Å². The van der Waals surface area contributed by atoms with Gasteiger partial charge in [-0.15, -0.1) is 16.4 Å². The summed E-state index contributed by atoms with van der Waals surface area (Å²) in [6, 6.07) is 16.1. The van der Waals surface area contributed by atoms with Crippen molar-refractivity contribution in [1.82, 2.24) is 9.88 Å². The molecule has 6 heterocycles. The largest absolute Gasteiger partial charge is 0.381 e. The SMILES string of the molecule is CC1=NN=C(c2cc3c(s2)-c2ccc(F)cc2N(C(=O)c2ccc(NC(=O)c4cc(C)cnc4N4CC5(CCOCC5)C4)cc2)CC3)N(C2CC2)C1. The Labute approximate surface area is 306 Å². The minimum absolute atomic E-state index is 0.230. The fourth-order valence-corrected chi connectivity index (χ4v) is 9.17. The van der Waals surface area contributed by atoms with E-state index in [-0.39, 0.29) is 17.2 Å². The Morgan fingerprint density at radius 2 is 1.79 bits per heavy atom. The number of anilines is 3. The van der Waals surface area contributed by atoms with E-state index in [0.29, 0.717) is 47.3 Å². The molecule has 4 aromatic rings. The highest BCUT2D eigenvalue weighted by Crippen LogP contribution is 2.44. The lowest BCUT2D eigenvalue weighted by atomic mass is 9.73. The van der Waals surface area contributed by atoms with Crippen molar-refractivity contribution in [3.63, 3.8) is 0 Å². The predicted octanol–water partition coefficient (Wildman–Crippen LogP) is 6.93. The molecular weight excluding hydrogens is 678 g/mol. The van der Waals surface area contributed by atoms with E-state index in [1.807, 2.05) is 19.9 Å². The van der Waals surface area contributed by atoms with Crippen LogP contribution in [0.5, 0.6) is 0 Å². The number of amides is 2. The first-order valence-corrected chi connectivity index (χ1v) is 18.9. The normalized spacial score (nSPS) is 19.2. The molecule has 0 bridgehead atoms. The first-order valence-electron chi connectivity index (χ1n) is 18.1. The molecule has 4 aliphatic heterocycles. The third kappa shape index (κ3) is 6.07. The molecule has 9 rings (SSSR count). The Morgan fingerprint density at radius 3 is 2.56 bits per heavy atom. The summed E-state index contributed by atoms with van der Waals surface area (Å²) >= 11 is 1.63. The van der Waals surface area contributed by atoms with Crippen LogP contribution in [-0.2, 0) is 11.2 Å². The number of hydrogen-bond acceptors (Lipinski definition) is 9. The van der Waals surface area contributed by atoms with Crippen molar-refractivity contribution in [1.29, 1.82) is 0 Å². The quantitative estimate of drug-likeness (QED) is 0.232. The molecule has 0 unspecified atom stereocenters. The third-order valence-electron chi connectivity index (χ3n) is 10.9. The lowest BCUT2D eigenvalue weighted by molar-refractivity contribution is -0.000510. The van der Waals surface area contributed by atoms with E-state index in [0.717, 1.165) is 96.5 Å². The third-order valence-corrected chi connectivity index (χ3v) is 12.1. The van der Waals surface area contributed by atoms with Gasteiger partial charge in [-0.2, -0.15) is 5.10 Å².